The molecule has 0 aliphatic heterocycles. The van der Waals surface area contributed by atoms with Crippen molar-refractivity contribution in [2.75, 3.05) is 17.2 Å². The van der Waals surface area contributed by atoms with Crippen molar-refractivity contribution in [1.82, 2.24) is 15.1 Å². The molecule has 0 aliphatic carbocycles. The number of hydrogen-bond donors (Lipinski definition) is 3. The molecule has 3 aromatic rings. The minimum absolute atomic E-state index is 0.166. The summed E-state index contributed by atoms with van der Waals surface area (Å²) in [6.45, 7) is 5.71. The summed E-state index contributed by atoms with van der Waals surface area (Å²) in [5.41, 5.74) is 1.92. The summed E-state index contributed by atoms with van der Waals surface area (Å²) in [6.07, 6.45) is -4.77. The molecule has 7 nitrogen and oxygen atoms in total. The van der Waals surface area contributed by atoms with Crippen molar-refractivity contribution in [2.45, 2.75) is 38.8 Å². The molecule has 1 aromatic heterocycles. The zero-order valence-corrected chi connectivity index (χ0v) is 21.1. The molecule has 0 atom stereocenters. The Morgan fingerprint density at radius 3 is 2.36 bits per heavy atom. The lowest BCUT2D eigenvalue weighted by Crippen LogP contribution is -2.37. The van der Waals surface area contributed by atoms with Crippen LogP contribution in [0.2, 0.25) is 10.0 Å². The monoisotopic (exact) mass is 541 g/mol. The Morgan fingerprint density at radius 2 is 1.69 bits per heavy atom. The molecule has 0 radical (unpaired) electrons. The van der Waals surface area contributed by atoms with E-state index in [1.165, 1.54) is 4.68 Å². The van der Waals surface area contributed by atoms with Crippen LogP contribution in [0, 0.1) is 0 Å². The van der Waals surface area contributed by atoms with E-state index >= 15 is 0 Å². The minimum Gasteiger partial charge on any atom is -0.348 e. The Hall–Kier alpha value is -3.24. The van der Waals surface area contributed by atoms with Crippen LogP contribution in [0.1, 0.15) is 32.0 Å². The molecule has 192 valence electrons. The van der Waals surface area contributed by atoms with Crippen LogP contribution in [0.15, 0.2) is 48.5 Å². The second-order valence-corrected chi connectivity index (χ2v) is 9.72. The van der Waals surface area contributed by atoms with Gasteiger partial charge in [0, 0.05) is 18.0 Å². The van der Waals surface area contributed by atoms with Crippen molar-refractivity contribution in [3.63, 3.8) is 0 Å². The van der Waals surface area contributed by atoms with Crippen molar-refractivity contribution in [3.8, 4) is 5.69 Å². The average molecular weight is 542 g/mol. The normalized spacial score (nSPS) is 11.8. The molecule has 3 N–H and O–H groups in total. The molecule has 0 bridgehead atoms. The van der Waals surface area contributed by atoms with Crippen LogP contribution in [0.4, 0.5) is 29.5 Å². The summed E-state index contributed by atoms with van der Waals surface area (Å²) in [6, 6.07) is 12.9. The lowest BCUT2D eigenvalue weighted by Gasteiger charge is -2.14. The molecule has 0 saturated carbocycles. The third-order valence-electron chi connectivity index (χ3n) is 5.03. The highest BCUT2D eigenvalue weighted by atomic mass is 35.5. The second-order valence-electron chi connectivity index (χ2n) is 8.93. The van der Waals surface area contributed by atoms with Gasteiger partial charge in [0.2, 0.25) is 0 Å². The van der Waals surface area contributed by atoms with Gasteiger partial charge in [0.15, 0.2) is 0 Å². The van der Waals surface area contributed by atoms with Crippen molar-refractivity contribution in [3.05, 3.63) is 69.8 Å². The van der Waals surface area contributed by atoms with Crippen LogP contribution >= 0.6 is 23.2 Å². The lowest BCUT2D eigenvalue weighted by molar-refractivity contribution is -0.173. The highest BCUT2D eigenvalue weighted by Crippen LogP contribution is 2.30. The smallest absolute Gasteiger partial charge is 0.348 e. The number of rotatable bonds is 6. The number of benzene rings is 2. The van der Waals surface area contributed by atoms with Gasteiger partial charge in [-0.25, -0.2) is 9.48 Å². The van der Waals surface area contributed by atoms with Crippen LogP contribution in [-0.2, 0) is 16.6 Å². The van der Waals surface area contributed by atoms with E-state index in [9.17, 15) is 22.8 Å². The fourth-order valence-corrected chi connectivity index (χ4v) is 3.52. The number of amides is 3. The number of halogens is 5. The Balaban J connectivity index is 1.83. The number of carbonyl (C=O) groups excluding carboxylic acids is 2. The molecular weight excluding hydrogens is 518 g/mol. The predicted octanol–water partition coefficient (Wildman–Crippen LogP) is 6.34. The molecule has 1 heterocycles. The summed E-state index contributed by atoms with van der Waals surface area (Å²) in [4.78, 5) is 23.8. The number of nitrogens with zero attached hydrogens (tertiary/aromatic N) is 2. The highest BCUT2D eigenvalue weighted by Gasteiger charge is 2.38. The molecule has 0 aliphatic rings. The molecule has 12 heteroatoms. The first kappa shape index (κ1) is 27.3. The average Bonchev–Trinajstić information content (AvgIpc) is 3.20. The number of hydrogen-bond acceptors (Lipinski definition) is 3. The molecule has 0 saturated heterocycles. The number of nitrogens with one attached hydrogen (secondary N) is 3. The van der Waals surface area contributed by atoms with Crippen molar-refractivity contribution < 1.29 is 22.8 Å². The number of carbonyl (C=O) groups is 2. The zero-order chi connectivity index (χ0) is 26.7. The third kappa shape index (κ3) is 6.92. The van der Waals surface area contributed by atoms with Crippen molar-refractivity contribution in [2.24, 2.45) is 0 Å². The Labute approximate surface area is 216 Å². The van der Waals surface area contributed by atoms with Gasteiger partial charge in [-0.2, -0.15) is 18.3 Å². The highest BCUT2D eigenvalue weighted by molar-refractivity contribution is 6.44. The van der Waals surface area contributed by atoms with E-state index in [1.807, 2.05) is 26.1 Å². The molecule has 0 spiro atoms. The summed E-state index contributed by atoms with van der Waals surface area (Å²) < 4.78 is 38.8. The maximum absolute atomic E-state index is 12.7. The van der Waals surface area contributed by atoms with Crippen LogP contribution in [0.3, 0.4) is 0 Å². The molecule has 0 fully saturated rings. The van der Waals surface area contributed by atoms with Gasteiger partial charge in [-0.1, -0.05) is 62.2 Å². The van der Waals surface area contributed by atoms with Gasteiger partial charge < -0.3 is 10.6 Å². The Morgan fingerprint density at radius 1 is 1.00 bits per heavy atom. The van der Waals surface area contributed by atoms with Gasteiger partial charge in [-0.15, -0.1) is 0 Å². The van der Waals surface area contributed by atoms with Crippen molar-refractivity contribution in [1.29, 1.82) is 0 Å². The second kappa shape index (κ2) is 10.8. The fourth-order valence-electron chi connectivity index (χ4n) is 3.17. The third-order valence-corrected chi connectivity index (χ3v) is 5.85. The number of anilines is 2. The predicted molar refractivity (Wildman–Crippen MR) is 134 cm³/mol. The largest absolute Gasteiger partial charge is 0.471 e. The van der Waals surface area contributed by atoms with Gasteiger partial charge in [0.25, 0.3) is 0 Å². The Kier molecular flexibility index (Phi) is 8.20. The summed E-state index contributed by atoms with van der Waals surface area (Å²) in [5, 5.41) is 12.4. The van der Waals surface area contributed by atoms with E-state index < -0.39 is 18.1 Å². The maximum Gasteiger partial charge on any atom is 0.471 e. The van der Waals surface area contributed by atoms with E-state index in [0.717, 1.165) is 0 Å². The standard InChI is InChI=1S/C24H24Cl2F3N5O2/c1-23(2,3)18-13-19(32-22(36)31-17-9-5-8-16(25)20(17)26)34(33-18)15-7-4-6-14(12-15)10-11-30-21(35)24(27,28)29/h4-9,12-13H,10-11H2,1-3H3,(H,30,35)(H2,31,32,36). The number of aromatic nitrogens is 2. The van der Waals surface area contributed by atoms with E-state index in [4.69, 9.17) is 23.2 Å². The molecule has 0 unspecified atom stereocenters. The molecule has 2 aromatic carbocycles. The fraction of sp³-hybridized carbons (Fsp3) is 0.292. The first-order valence-corrected chi connectivity index (χ1v) is 11.6. The van der Waals surface area contributed by atoms with Gasteiger partial charge in [0.05, 0.1) is 27.1 Å². The van der Waals surface area contributed by atoms with E-state index in [2.05, 4.69) is 15.7 Å². The quantitative estimate of drug-likeness (QED) is 0.340. The van der Waals surface area contributed by atoms with Gasteiger partial charge >= 0.3 is 18.1 Å². The topological polar surface area (TPSA) is 88.0 Å². The van der Waals surface area contributed by atoms with Gasteiger partial charge in [-0.05, 0) is 36.2 Å². The van der Waals surface area contributed by atoms with E-state index in [-0.39, 0.29) is 28.4 Å². The molecular formula is C24H24Cl2F3N5O2. The van der Waals surface area contributed by atoms with E-state index in [1.54, 1.807) is 48.5 Å². The Bertz CT molecular complexity index is 1270. The summed E-state index contributed by atoms with van der Waals surface area (Å²) in [7, 11) is 0. The SMILES string of the molecule is CC(C)(C)c1cc(NC(=O)Nc2cccc(Cl)c2Cl)n(-c2cccc(CCNC(=O)C(F)(F)F)c2)n1. The first-order valence-electron chi connectivity index (χ1n) is 10.8. The number of alkyl halides is 3. The van der Waals surface area contributed by atoms with Gasteiger partial charge in [-0.3, -0.25) is 10.1 Å². The minimum atomic E-state index is -4.93. The van der Waals surface area contributed by atoms with Crippen LogP contribution in [-0.4, -0.2) is 34.4 Å². The van der Waals surface area contributed by atoms with Crippen molar-refractivity contribution >= 4 is 46.6 Å². The van der Waals surface area contributed by atoms with Crippen LogP contribution < -0.4 is 16.0 Å². The molecule has 3 rings (SSSR count). The zero-order valence-electron chi connectivity index (χ0n) is 19.6. The molecule has 36 heavy (non-hydrogen) atoms. The maximum atomic E-state index is 12.7. The van der Waals surface area contributed by atoms with E-state index in [0.29, 0.717) is 28.5 Å². The van der Waals surface area contributed by atoms with Gasteiger partial charge in [0.1, 0.15) is 5.82 Å². The van der Waals surface area contributed by atoms with Crippen LogP contribution in [0.25, 0.3) is 5.69 Å². The summed E-state index contributed by atoms with van der Waals surface area (Å²) >= 11 is 12.2. The lowest BCUT2D eigenvalue weighted by atomic mass is 9.92. The number of urea groups is 1. The first-order chi connectivity index (χ1) is 16.8. The summed E-state index contributed by atoms with van der Waals surface area (Å²) in [5.74, 6) is -1.63. The molecule has 3 amide bonds. The van der Waals surface area contributed by atoms with Crippen LogP contribution in [0.5, 0.6) is 0 Å².